The lowest BCUT2D eigenvalue weighted by atomic mass is 10.3. The molecule has 0 saturated carbocycles. The number of furan rings is 1. The van der Waals surface area contributed by atoms with Gasteiger partial charge >= 0.3 is 0 Å². The summed E-state index contributed by atoms with van der Waals surface area (Å²) < 4.78 is 5.05. The number of hydrogen-bond donors (Lipinski definition) is 1. The normalized spacial score (nSPS) is 10.9. The molecule has 0 bridgehead atoms. The summed E-state index contributed by atoms with van der Waals surface area (Å²) in [5.74, 6) is 0.717. The Morgan fingerprint density at radius 2 is 2.00 bits per heavy atom. The molecule has 5 heteroatoms. The molecule has 0 fully saturated rings. The van der Waals surface area contributed by atoms with E-state index in [1.165, 1.54) is 0 Å². The van der Waals surface area contributed by atoms with E-state index in [2.05, 4.69) is 29.1 Å². The quantitative estimate of drug-likeness (QED) is 0.863. The van der Waals surface area contributed by atoms with Crippen LogP contribution >= 0.6 is 0 Å². The topological polar surface area (TPSA) is 54.2 Å². The first-order valence-electron chi connectivity index (χ1n) is 6.41. The van der Waals surface area contributed by atoms with E-state index in [1.54, 1.807) is 12.5 Å². The van der Waals surface area contributed by atoms with Crippen LogP contribution in [0.3, 0.4) is 0 Å². The van der Waals surface area contributed by atoms with Gasteiger partial charge in [0.1, 0.15) is 0 Å². The van der Waals surface area contributed by atoms with Crippen molar-refractivity contribution in [1.29, 1.82) is 0 Å². The van der Waals surface area contributed by atoms with E-state index in [-0.39, 0.29) is 0 Å². The molecule has 0 radical (unpaired) electrons. The predicted molar refractivity (Wildman–Crippen MR) is 74.8 cm³/mol. The molecular formula is C14H20N4O. The fraction of sp³-hybridized carbons (Fsp3) is 0.429. The first-order chi connectivity index (χ1) is 9.15. The van der Waals surface area contributed by atoms with Gasteiger partial charge in [-0.2, -0.15) is 0 Å². The minimum absolute atomic E-state index is 0.462. The van der Waals surface area contributed by atoms with Gasteiger partial charge in [-0.1, -0.05) is 13.8 Å². The maximum Gasteiger partial charge on any atom is 0.225 e. The fourth-order valence-electron chi connectivity index (χ4n) is 1.69. The van der Waals surface area contributed by atoms with Gasteiger partial charge in [-0.3, -0.25) is 0 Å². The van der Waals surface area contributed by atoms with E-state index in [4.69, 9.17) is 4.42 Å². The Kier molecular flexibility index (Phi) is 4.52. The van der Waals surface area contributed by atoms with Gasteiger partial charge in [0.2, 0.25) is 5.95 Å². The molecule has 1 N–H and O–H groups in total. The zero-order chi connectivity index (χ0) is 13.7. The maximum atomic E-state index is 5.05. The molecule has 0 unspecified atom stereocenters. The highest BCUT2D eigenvalue weighted by Crippen LogP contribution is 2.10. The Bertz CT molecular complexity index is 479. The third-order valence-corrected chi connectivity index (χ3v) is 2.75. The molecule has 0 spiro atoms. The first-order valence-corrected chi connectivity index (χ1v) is 6.41. The van der Waals surface area contributed by atoms with Crippen LogP contribution < -0.4 is 10.2 Å². The lowest BCUT2D eigenvalue weighted by Crippen LogP contribution is -2.22. The largest absolute Gasteiger partial charge is 0.472 e. The molecule has 19 heavy (non-hydrogen) atoms. The smallest absolute Gasteiger partial charge is 0.225 e. The van der Waals surface area contributed by atoms with Gasteiger partial charge in [0, 0.05) is 49.7 Å². The first kappa shape index (κ1) is 13.5. The van der Waals surface area contributed by atoms with Crippen LogP contribution in [0.25, 0.3) is 0 Å². The number of nitrogens with zero attached hydrogens (tertiary/aromatic N) is 3. The molecule has 102 valence electrons. The molecule has 2 aromatic rings. The minimum atomic E-state index is 0.462. The highest BCUT2D eigenvalue weighted by Gasteiger charge is 2.06. The van der Waals surface area contributed by atoms with E-state index in [0.717, 1.165) is 30.2 Å². The van der Waals surface area contributed by atoms with E-state index in [0.29, 0.717) is 6.04 Å². The zero-order valence-electron chi connectivity index (χ0n) is 11.6. The Balaban J connectivity index is 1.93. The molecule has 0 saturated heterocycles. The standard InChI is InChI=1S/C14H20N4O/c1-11(2)15-6-13-7-16-14(17-8-13)18(3)9-12-4-5-19-10-12/h4-5,7-8,10-11,15H,6,9H2,1-3H3. The third-order valence-electron chi connectivity index (χ3n) is 2.75. The second-order valence-corrected chi connectivity index (χ2v) is 4.91. The highest BCUT2D eigenvalue weighted by molar-refractivity contribution is 5.30. The molecule has 5 nitrogen and oxygen atoms in total. The Hall–Kier alpha value is -1.88. The average molecular weight is 260 g/mol. The fourth-order valence-corrected chi connectivity index (χ4v) is 1.69. The zero-order valence-corrected chi connectivity index (χ0v) is 11.6. The van der Waals surface area contributed by atoms with Crippen LogP contribution in [0.4, 0.5) is 5.95 Å². The van der Waals surface area contributed by atoms with E-state index >= 15 is 0 Å². The van der Waals surface area contributed by atoms with Crippen molar-refractivity contribution in [2.75, 3.05) is 11.9 Å². The summed E-state index contributed by atoms with van der Waals surface area (Å²) in [7, 11) is 1.97. The molecule has 0 aliphatic rings. The molecule has 0 atom stereocenters. The van der Waals surface area contributed by atoms with Crippen molar-refractivity contribution in [1.82, 2.24) is 15.3 Å². The van der Waals surface area contributed by atoms with Crippen LogP contribution in [0.15, 0.2) is 35.4 Å². The number of nitrogens with one attached hydrogen (secondary N) is 1. The summed E-state index contributed by atoms with van der Waals surface area (Å²) in [6, 6.07) is 2.40. The molecule has 2 rings (SSSR count). The summed E-state index contributed by atoms with van der Waals surface area (Å²) in [4.78, 5) is 10.8. The van der Waals surface area contributed by atoms with Crippen molar-refractivity contribution in [3.8, 4) is 0 Å². The SMILES string of the molecule is CC(C)NCc1cnc(N(C)Cc2ccoc2)nc1. The molecule has 0 aromatic carbocycles. The molecular weight excluding hydrogens is 240 g/mol. The van der Waals surface area contributed by atoms with Crippen molar-refractivity contribution >= 4 is 5.95 Å². The molecule has 0 aliphatic heterocycles. The van der Waals surface area contributed by atoms with Crippen molar-refractivity contribution in [3.05, 3.63) is 42.1 Å². The lowest BCUT2D eigenvalue weighted by molar-refractivity contribution is 0.563. The second kappa shape index (κ2) is 6.33. The van der Waals surface area contributed by atoms with Gasteiger partial charge in [0.15, 0.2) is 0 Å². The predicted octanol–water partition coefficient (Wildman–Crippen LogP) is 2.20. The van der Waals surface area contributed by atoms with Crippen LogP contribution in [0.1, 0.15) is 25.0 Å². The average Bonchev–Trinajstić information content (AvgIpc) is 2.89. The lowest BCUT2D eigenvalue weighted by Gasteiger charge is -2.16. The van der Waals surface area contributed by atoms with E-state index < -0.39 is 0 Å². The molecule has 0 amide bonds. The van der Waals surface area contributed by atoms with Gasteiger partial charge in [0.25, 0.3) is 0 Å². The Morgan fingerprint density at radius 3 is 2.58 bits per heavy atom. The number of hydrogen-bond acceptors (Lipinski definition) is 5. The maximum absolute atomic E-state index is 5.05. The monoisotopic (exact) mass is 260 g/mol. The van der Waals surface area contributed by atoms with Gasteiger partial charge in [-0.05, 0) is 6.07 Å². The molecule has 2 heterocycles. The molecule has 0 aliphatic carbocycles. The number of anilines is 1. The number of aromatic nitrogens is 2. The second-order valence-electron chi connectivity index (χ2n) is 4.91. The van der Waals surface area contributed by atoms with Crippen molar-refractivity contribution < 1.29 is 4.42 Å². The van der Waals surface area contributed by atoms with Crippen molar-refractivity contribution in [2.24, 2.45) is 0 Å². The Labute approximate surface area is 113 Å². The van der Waals surface area contributed by atoms with Gasteiger partial charge in [-0.15, -0.1) is 0 Å². The van der Waals surface area contributed by atoms with E-state index in [1.807, 2.05) is 30.4 Å². The van der Waals surface area contributed by atoms with Crippen molar-refractivity contribution in [2.45, 2.75) is 33.0 Å². The Morgan fingerprint density at radius 1 is 1.26 bits per heavy atom. The number of rotatable bonds is 6. The van der Waals surface area contributed by atoms with Gasteiger partial charge in [-0.25, -0.2) is 9.97 Å². The van der Waals surface area contributed by atoms with Crippen molar-refractivity contribution in [3.63, 3.8) is 0 Å². The third kappa shape index (κ3) is 4.06. The van der Waals surface area contributed by atoms with Crippen LogP contribution in [-0.2, 0) is 13.1 Å². The molecule has 2 aromatic heterocycles. The highest BCUT2D eigenvalue weighted by atomic mass is 16.3. The summed E-state index contributed by atoms with van der Waals surface area (Å²) in [6.07, 6.45) is 7.13. The van der Waals surface area contributed by atoms with Crippen LogP contribution in [0.5, 0.6) is 0 Å². The summed E-state index contributed by atoms with van der Waals surface area (Å²) >= 11 is 0. The van der Waals surface area contributed by atoms with Crippen LogP contribution in [-0.4, -0.2) is 23.1 Å². The summed E-state index contributed by atoms with van der Waals surface area (Å²) in [6.45, 7) is 5.77. The van der Waals surface area contributed by atoms with Gasteiger partial charge in [0.05, 0.1) is 12.5 Å². The van der Waals surface area contributed by atoms with Crippen LogP contribution in [0, 0.1) is 0 Å². The van der Waals surface area contributed by atoms with Gasteiger partial charge < -0.3 is 14.6 Å². The summed E-state index contributed by atoms with van der Waals surface area (Å²) in [5, 5.41) is 3.34. The summed E-state index contributed by atoms with van der Waals surface area (Å²) in [5.41, 5.74) is 2.20. The minimum Gasteiger partial charge on any atom is -0.472 e. The van der Waals surface area contributed by atoms with Crippen LogP contribution in [0.2, 0.25) is 0 Å². The van der Waals surface area contributed by atoms with E-state index in [9.17, 15) is 0 Å².